The zero-order chi connectivity index (χ0) is 25.0. The summed E-state index contributed by atoms with van der Waals surface area (Å²) in [5, 5.41) is 7.55. The fraction of sp³-hybridized carbons (Fsp3) is 0.185. The topological polar surface area (TPSA) is 84.3 Å². The van der Waals surface area contributed by atoms with Crippen LogP contribution in [-0.4, -0.2) is 41.5 Å². The van der Waals surface area contributed by atoms with Crippen LogP contribution in [0, 0.1) is 6.92 Å². The van der Waals surface area contributed by atoms with Gasteiger partial charge in [-0.2, -0.15) is 9.40 Å². The number of para-hydroxylation sites is 1. The van der Waals surface area contributed by atoms with Gasteiger partial charge in [-0.15, -0.1) is 0 Å². The van der Waals surface area contributed by atoms with Crippen molar-refractivity contribution in [2.45, 2.75) is 25.7 Å². The Labute approximate surface area is 206 Å². The molecule has 0 radical (unpaired) electrons. The van der Waals surface area contributed by atoms with E-state index in [1.807, 2.05) is 60.7 Å². The Hall–Kier alpha value is -3.75. The van der Waals surface area contributed by atoms with Crippen LogP contribution in [0.3, 0.4) is 0 Å². The predicted octanol–water partition coefficient (Wildman–Crippen LogP) is 5.13. The number of nitrogens with zero attached hydrogens (tertiary/aromatic N) is 3. The SMILES string of the molecule is CCN(CC)S(=O)(=O)c1cc(NC(=O)c2cc(-c3ccccc3)nn2-c2ccccc2)ccc1C. The van der Waals surface area contributed by atoms with Crippen LogP contribution < -0.4 is 5.32 Å². The first kappa shape index (κ1) is 24.4. The minimum atomic E-state index is -3.67. The number of hydrogen-bond donors (Lipinski definition) is 1. The molecule has 0 aliphatic heterocycles. The number of aromatic nitrogens is 2. The highest BCUT2D eigenvalue weighted by Gasteiger charge is 2.25. The van der Waals surface area contributed by atoms with Crippen LogP contribution >= 0.6 is 0 Å². The van der Waals surface area contributed by atoms with Crippen LogP contribution in [0.1, 0.15) is 29.9 Å². The molecule has 4 rings (SSSR count). The Morgan fingerprint density at radius 1 is 0.914 bits per heavy atom. The molecule has 1 aromatic heterocycles. The maximum absolute atomic E-state index is 13.4. The minimum Gasteiger partial charge on any atom is -0.321 e. The molecule has 0 saturated heterocycles. The largest absolute Gasteiger partial charge is 0.321 e. The Kier molecular flexibility index (Phi) is 7.14. The van der Waals surface area contributed by atoms with Crippen LogP contribution in [0.4, 0.5) is 5.69 Å². The van der Waals surface area contributed by atoms with Crippen molar-refractivity contribution in [2.75, 3.05) is 18.4 Å². The Balaban J connectivity index is 1.72. The number of carbonyl (C=O) groups is 1. The molecule has 1 N–H and O–H groups in total. The first-order valence-corrected chi connectivity index (χ1v) is 12.9. The van der Waals surface area contributed by atoms with E-state index in [2.05, 4.69) is 10.4 Å². The molecule has 0 fully saturated rings. The van der Waals surface area contributed by atoms with Gasteiger partial charge >= 0.3 is 0 Å². The summed E-state index contributed by atoms with van der Waals surface area (Å²) in [5.74, 6) is -0.390. The van der Waals surface area contributed by atoms with E-state index in [0.717, 1.165) is 11.3 Å². The molecule has 8 heteroatoms. The van der Waals surface area contributed by atoms with Crippen molar-refractivity contribution >= 4 is 21.6 Å². The molecule has 0 aliphatic rings. The second-order valence-corrected chi connectivity index (χ2v) is 9.96. The summed E-state index contributed by atoms with van der Waals surface area (Å²) in [7, 11) is -3.67. The summed E-state index contributed by atoms with van der Waals surface area (Å²) >= 11 is 0. The van der Waals surface area contributed by atoms with Crippen LogP contribution in [-0.2, 0) is 10.0 Å². The minimum absolute atomic E-state index is 0.181. The van der Waals surface area contributed by atoms with E-state index in [9.17, 15) is 13.2 Å². The van der Waals surface area contributed by atoms with Crippen LogP contribution in [0.25, 0.3) is 16.9 Å². The van der Waals surface area contributed by atoms with Gasteiger partial charge in [0.1, 0.15) is 5.69 Å². The number of carbonyl (C=O) groups excluding carboxylic acids is 1. The second kappa shape index (κ2) is 10.2. The normalized spacial score (nSPS) is 11.5. The van der Waals surface area contributed by atoms with Gasteiger partial charge in [-0.05, 0) is 42.8 Å². The van der Waals surface area contributed by atoms with E-state index in [1.165, 1.54) is 10.4 Å². The number of amides is 1. The predicted molar refractivity (Wildman–Crippen MR) is 138 cm³/mol. The number of nitrogens with one attached hydrogen (secondary N) is 1. The van der Waals surface area contributed by atoms with Crippen LogP contribution in [0.2, 0.25) is 0 Å². The molecule has 3 aromatic carbocycles. The van der Waals surface area contributed by atoms with Gasteiger partial charge in [0.25, 0.3) is 5.91 Å². The van der Waals surface area contributed by atoms with Gasteiger partial charge in [0.05, 0.1) is 16.3 Å². The molecule has 0 unspecified atom stereocenters. The van der Waals surface area contributed by atoms with Gasteiger partial charge in [-0.25, -0.2) is 13.1 Å². The van der Waals surface area contributed by atoms with Gasteiger partial charge in [0.15, 0.2) is 0 Å². The van der Waals surface area contributed by atoms with Crippen molar-refractivity contribution in [1.82, 2.24) is 14.1 Å². The zero-order valence-corrected chi connectivity index (χ0v) is 20.8. The van der Waals surface area contributed by atoms with Gasteiger partial charge in [0.2, 0.25) is 10.0 Å². The summed E-state index contributed by atoms with van der Waals surface area (Å²) in [4.78, 5) is 13.6. The average molecular weight is 489 g/mol. The van der Waals surface area contributed by atoms with Gasteiger partial charge in [0, 0.05) is 24.3 Å². The number of benzene rings is 3. The van der Waals surface area contributed by atoms with E-state index >= 15 is 0 Å². The van der Waals surface area contributed by atoms with Crippen molar-refractivity contribution in [1.29, 1.82) is 0 Å². The van der Waals surface area contributed by atoms with E-state index in [0.29, 0.717) is 35.7 Å². The van der Waals surface area contributed by atoms with Gasteiger partial charge in [-0.3, -0.25) is 4.79 Å². The third kappa shape index (κ3) is 5.03. The van der Waals surface area contributed by atoms with Crippen molar-refractivity contribution in [2.24, 2.45) is 0 Å². The average Bonchev–Trinajstić information content (AvgIpc) is 3.33. The molecule has 0 spiro atoms. The maximum Gasteiger partial charge on any atom is 0.274 e. The summed E-state index contributed by atoms with van der Waals surface area (Å²) in [6.45, 7) is 6.09. The first-order valence-electron chi connectivity index (χ1n) is 11.5. The first-order chi connectivity index (χ1) is 16.8. The summed E-state index contributed by atoms with van der Waals surface area (Å²) in [6.07, 6.45) is 0. The molecule has 0 bridgehead atoms. The van der Waals surface area contributed by atoms with Crippen molar-refractivity contribution in [3.05, 3.63) is 96.2 Å². The Bertz CT molecular complexity index is 1430. The van der Waals surface area contributed by atoms with Crippen LogP contribution in [0.15, 0.2) is 89.8 Å². The van der Waals surface area contributed by atoms with E-state index < -0.39 is 15.9 Å². The van der Waals surface area contributed by atoms with Gasteiger partial charge in [-0.1, -0.05) is 68.4 Å². The molecular formula is C27H28N4O3S. The number of rotatable bonds is 8. The molecule has 180 valence electrons. The number of hydrogen-bond acceptors (Lipinski definition) is 4. The lowest BCUT2D eigenvalue weighted by atomic mass is 10.1. The van der Waals surface area contributed by atoms with Crippen molar-refractivity contribution < 1.29 is 13.2 Å². The lowest BCUT2D eigenvalue weighted by Gasteiger charge is -2.20. The fourth-order valence-electron chi connectivity index (χ4n) is 3.91. The molecule has 0 saturated carbocycles. The summed E-state index contributed by atoms with van der Waals surface area (Å²) < 4.78 is 29.2. The monoisotopic (exact) mass is 488 g/mol. The zero-order valence-electron chi connectivity index (χ0n) is 20.0. The molecule has 0 atom stereocenters. The molecular weight excluding hydrogens is 460 g/mol. The van der Waals surface area contributed by atoms with Crippen molar-refractivity contribution in [3.8, 4) is 16.9 Å². The highest BCUT2D eigenvalue weighted by Crippen LogP contribution is 2.26. The molecule has 1 amide bonds. The third-order valence-electron chi connectivity index (χ3n) is 5.78. The maximum atomic E-state index is 13.4. The highest BCUT2D eigenvalue weighted by molar-refractivity contribution is 7.89. The smallest absolute Gasteiger partial charge is 0.274 e. The molecule has 1 heterocycles. The molecule has 0 aliphatic carbocycles. The second-order valence-electron chi connectivity index (χ2n) is 8.05. The van der Waals surface area contributed by atoms with E-state index in [1.54, 1.807) is 43.7 Å². The quantitative estimate of drug-likeness (QED) is 0.373. The lowest BCUT2D eigenvalue weighted by molar-refractivity contribution is 0.101. The number of sulfonamides is 1. The Morgan fingerprint density at radius 2 is 1.54 bits per heavy atom. The number of anilines is 1. The lowest BCUT2D eigenvalue weighted by Crippen LogP contribution is -2.31. The van der Waals surface area contributed by atoms with Crippen molar-refractivity contribution in [3.63, 3.8) is 0 Å². The molecule has 35 heavy (non-hydrogen) atoms. The molecule has 7 nitrogen and oxygen atoms in total. The van der Waals surface area contributed by atoms with Gasteiger partial charge < -0.3 is 5.32 Å². The fourth-order valence-corrected chi connectivity index (χ4v) is 5.62. The standard InChI is InChI=1S/C27H28N4O3S/c1-4-30(5-2)35(33,34)26-18-22(17-16-20(26)3)28-27(32)25-19-24(21-12-8-6-9-13-21)29-31(25)23-14-10-7-11-15-23/h6-19H,4-5H2,1-3H3,(H,28,32). The van der Waals surface area contributed by atoms with Crippen LogP contribution in [0.5, 0.6) is 0 Å². The third-order valence-corrected chi connectivity index (χ3v) is 7.97. The highest BCUT2D eigenvalue weighted by atomic mass is 32.2. The number of aryl methyl sites for hydroxylation is 1. The van der Waals surface area contributed by atoms with E-state index in [-0.39, 0.29) is 4.90 Å². The summed E-state index contributed by atoms with van der Waals surface area (Å²) in [5.41, 5.74) is 3.65. The Morgan fingerprint density at radius 3 is 2.17 bits per heavy atom. The summed E-state index contributed by atoms with van der Waals surface area (Å²) in [6, 6.07) is 25.7. The van der Waals surface area contributed by atoms with E-state index in [4.69, 9.17) is 0 Å². The molecule has 4 aromatic rings.